The molecule has 0 aliphatic rings. The highest BCUT2D eigenvalue weighted by atomic mass is 16.6. The van der Waals surface area contributed by atoms with Crippen molar-refractivity contribution in [2.45, 2.75) is 60.0 Å². The number of amides is 2. The van der Waals surface area contributed by atoms with E-state index in [0.29, 0.717) is 31.3 Å². The number of likely N-dealkylation sites (N-methyl/N-ethyl adjacent to an activating group) is 1. The summed E-state index contributed by atoms with van der Waals surface area (Å²) in [6.45, 7) is 12.8. The number of ether oxygens (including phenoxy) is 1. The summed E-state index contributed by atoms with van der Waals surface area (Å²) < 4.78 is 5.24. The van der Waals surface area contributed by atoms with E-state index in [-0.39, 0.29) is 12.0 Å². The average Bonchev–Trinajstić information content (AvgIpc) is 2.24. The van der Waals surface area contributed by atoms with Crippen LogP contribution in [0.2, 0.25) is 0 Å². The van der Waals surface area contributed by atoms with Crippen molar-refractivity contribution in [2.75, 3.05) is 20.1 Å². The lowest BCUT2D eigenvalue weighted by atomic mass is 9.96. The molecule has 0 bridgehead atoms. The summed E-state index contributed by atoms with van der Waals surface area (Å²) in [5.41, 5.74) is -0.499. The molecule has 21 heavy (non-hydrogen) atoms. The summed E-state index contributed by atoms with van der Waals surface area (Å²) in [7, 11) is 1.67. The third-order valence-electron chi connectivity index (χ3n) is 2.88. The van der Waals surface area contributed by atoms with E-state index in [1.165, 1.54) is 4.90 Å². The summed E-state index contributed by atoms with van der Waals surface area (Å²) in [6.07, 6.45) is 1.21. The Labute approximate surface area is 129 Å². The Morgan fingerprint density at radius 3 is 2.24 bits per heavy atom. The number of rotatable bonds is 7. The Bertz CT molecular complexity index is 335. The third-order valence-corrected chi connectivity index (χ3v) is 2.88. The summed E-state index contributed by atoms with van der Waals surface area (Å²) in [5.74, 6) is 1.03. The van der Waals surface area contributed by atoms with Gasteiger partial charge in [0, 0.05) is 26.6 Å². The molecule has 0 radical (unpaired) electrons. The van der Waals surface area contributed by atoms with E-state index >= 15 is 0 Å². The molecule has 1 atom stereocenters. The molecular weight excluding hydrogens is 268 g/mol. The van der Waals surface area contributed by atoms with E-state index < -0.39 is 5.60 Å². The summed E-state index contributed by atoms with van der Waals surface area (Å²) >= 11 is 0. The van der Waals surface area contributed by atoms with Crippen LogP contribution in [0.4, 0.5) is 4.79 Å². The number of hydrogen-bond donors (Lipinski definition) is 1. The van der Waals surface area contributed by atoms with Crippen molar-refractivity contribution in [1.29, 1.82) is 0 Å². The Morgan fingerprint density at radius 1 is 1.19 bits per heavy atom. The predicted molar refractivity (Wildman–Crippen MR) is 85.1 cm³/mol. The highest BCUT2D eigenvalue weighted by molar-refractivity contribution is 5.76. The van der Waals surface area contributed by atoms with Crippen molar-refractivity contribution < 1.29 is 14.3 Å². The van der Waals surface area contributed by atoms with Crippen molar-refractivity contribution in [3.8, 4) is 0 Å². The molecule has 0 aromatic heterocycles. The van der Waals surface area contributed by atoms with Crippen molar-refractivity contribution in [1.82, 2.24) is 10.2 Å². The molecule has 5 heteroatoms. The van der Waals surface area contributed by atoms with Gasteiger partial charge in [0.1, 0.15) is 5.60 Å². The standard InChI is InChI=1S/C16H32N2O3/c1-12(2)10-13(3)11-14(19)17-8-9-18(7)15(20)21-16(4,5)6/h12-13H,8-11H2,1-7H3,(H,17,19). The van der Waals surface area contributed by atoms with E-state index in [9.17, 15) is 9.59 Å². The van der Waals surface area contributed by atoms with Crippen LogP contribution in [0.1, 0.15) is 54.4 Å². The van der Waals surface area contributed by atoms with Crippen LogP contribution in [0.3, 0.4) is 0 Å². The fourth-order valence-electron chi connectivity index (χ4n) is 2.07. The summed E-state index contributed by atoms with van der Waals surface area (Å²) in [6, 6.07) is 0. The molecule has 1 unspecified atom stereocenters. The fourth-order valence-corrected chi connectivity index (χ4v) is 2.07. The van der Waals surface area contributed by atoms with Crippen molar-refractivity contribution in [3.63, 3.8) is 0 Å². The highest BCUT2D eigenvalue weighted by Gasteiger charge is 2.19. The van der Waals surface area contributed by atoms with Crippen molar-refractivity contribution >= 4 is 12.0 Å². The van der Waals surface area contributed by atoms with Crippen molar-refractivity contribution in [3.05, 3.63) is 0 Å². The first-order valence-corrected chi connectivity index (χ1v) is 7.72. The average molecular weight is 300 g/mol. The lowest BCUT2D eigenvalue weighted by molar-refractivity contribution is -0.122. The monoisotopic (exact) mass is 300 g/mol. The van der Waals surface area contributed by atoms with Crippen LogP contribution in [-0.4, -0.2) is 42.6 Å². The van der Waals surface area contributed by atoms with Gasteiger partial charge < -0.3 is 15.0 Å². The summed E-state index contributed by atoms with van der Waals surface area (Å²) in [4.78, 5) is 25.0. The third kappa shape index (κ3) is 11.1. The zero-order valence-corrected chi connectivity index (χ0v) is 14.7. The number of carbonyl (C=O) groups is 2. The fraction of sp³-hybridized carbons (Fsp3) is 0.875. The van der Waals surface area contributed by atoms with Crippen LogP contribution < -0.4 is 5.32 Å². The number of hydrogen-bond acceptors (Lipinski definition) is 3. The number of carbonyl (C=O) groups excluding carboxylic acids is 2. The van der Waals surface area contributed by atoms with Crippen LogP contribution in [0.5, 0.6) is 0 Å². The van der Waals surface area contributed by atoms with Gasteiger partial charge in [0.2, 0.25) is 5.91 Å². The zero-order valence-electron chi connectivity index (χ0n) is 14.7. The second-order valence-electron chi connectivity index (χ2n) is 7.19. The smallest absolute Gasteiger partial charge is 0.410 e. The maximum Gasteiger partial charge on any atom is 0.410 e. The zero-order chi connectivity index (χ0) is 16.6. The Morgan fingerprint density at radius 2 is 1.76 bits per heavy atom. The molecule has 0 saturated carbocycles. The minimum absolute atomic E-state index is 0.0424. The molecule has 0 saturated heterocycles. The molecule has 124 valence electrons. The van der Waals surface area contributed by atoms with Crippen LogP contribution >= 0.6 is 0 Å². The molecule has 0 heterocycles. The van der Waals surface area contributed by atoms with E-state index in [0.717, 1.165) is 6.42 Å². The first-order valence-electron chi connectivity index (χ1n) is 7.72. The molecule has 2 amide bonds. The van der Waals surface area contributed by atoms with Gasteiger partial charge in [-0.3, -0.25) is 4.79 Å². The van der Waals surface area contributed by atoms with Gasteiger partial charge >= 0.3 is 6.09 Å². The molecule has 0 rings (SSSR count). The number of nitrogens with one attached hydrogen (secondary N) is 1. The van der Waals surface area contributed by atoms with Crippen LogP contribution in [0.25, 0.3) is 0 Å². The first kappa shape index (κ1) is 19.7. The van der Waals surface area contributed by atoms with Crippen molar-refractivity contribution in [2.24, 2.45) is 11.8 Å². The normalized spacial score (nSPS) is 13.0. The molecule has 0 aliphatic heterocycles. The van der Waals surface area contributed by atoms with E-state index in [4.69, 9.17) is 4.74 Å². The van der Waals surface area contributed by atoms with Gasteiger partial charge in [0.05, 0.1) is 0 Å². The van der Waals surface area contributed by atoms with Gasteiger partial charge in [0.15, 0.2) is 0 Å². The second-order valence-corrected chi connectivity index (χ2v) is 7.19. The second kappa shape index (κ2) is 8.90. The Balaban J connectivity index is 3.92. The SMILES string of the molecule is CC(C)CC(C)CC(=O)NCCN(C)C(=O)OC(C)(C)C. The summed E-state index contributed by atoms with van der Waals surface area (Å²) in [5, 5.41) is 2.85. The minimum Gasteiger partial charge on any atom is -0.444 e. The molecule has 0 spiro atoms. The van der Waals surface area contributed by atoms with Gasteiger partial charge in [-0.1, -0.05) is 20.8 Å². The molecule has 0 fully saturated rings. The van der Waals surface area contributed by atoms with E-state index in [1.54, 1.807) is 7.05 Å². The van der Waals surface area contributed by atoms with Gasteiger partial charge in [0.25, 0.3) is 0 Å². The highest BCUT2D eigenvalue weighted by Crippen LogP contribution is 2.14. The maximum atomic E-state index is 11.8. The van der Waals surface area contributed by atoms with Crippen LogP contribution in [0.15, 0.2) is 0 Å². The topological polar surface area (TPSA) is 58.6 Å². The van der Waals surface area contributed by atoms with E-state index in [2.05, 4.69) is 26.1 Å². The minimum atomic E-state index is -0.499. The number of nitrogens with zero attached hydrogens (tertiary/aromatic N) is 1. The lowest BCUT2D eigenvalue weighted by Crippen LogP contribution is -2.39. The molecule has 0 aromatic rings. The van der Waals surface area contributed by atoms with Gasteiger partial charge in [-0.2, -0.15) is 0 Å². The molecule has 0 aliphatic carbocycles. The molecular formula is C16H32N2O3. The van der Waals surface area contributed by atoms with Crippen LogP contribution in [0, 0.1) is 11.8 Å². The Hall–Kier alpha value is -1.26. The Kier molecular flexibility index (Phi) is 8.37. The maximum absolute atomic E-state index is 11.8. The van der Waals surface area contributed by atoms with Gasteiger partial charge in [-0.05, 0) is 39.0 Å². The van der Waals surface area contributed by atoms with Gasteiger partial charge in [-0.15, -0.1) is 0 Å². The van der Waals surface area contributed by atoms with E-state index in [1.807, 2.05) is 20.8 Å². The van der Waals surface area contributed by atoms with Gasteiger partial charge in [-0.25, -0.2) is 4.79 Å². The largest absolute Gasteiger partial charge is 0.444 e. The molecule has 1 N–H and O–H groups in total. The predicted octanol–water partition coefficient (Wildman–Crippen LogP) is 3.04. The molecule has 5 nitrogen and oxygen atoms in total. The quantitative estimate of drug-likeness (QED) is 0.786. The lowest BCUT2D eigenvalue weighted by Gasteiger charge is -2.24. The first-order chi connectivity index (χ1) is 9.51. The van der Waals surface area contributed by atoms with Crippen LogP contribution in [-0.2, 0) is 9.53 Å². The molecule has 0 aromatic carbocycles.